The van der Waals surface area contributed by atoms with Crippen molar-refractivity contribution in [3.63, 3.8) is 0 Å². The molecule has 7 rings (SSSR count). The molecule has 7 heteroatoms. The zero-order valence-corrected chi connectivity index (χ0v) is 22.2. The van der Waals surface area contributed by atoms with Gasteiger partial charge in [0.1, 0.15) is 18.5 Å². The first-order valence-corrected chi connectivity index (χ1v) is 14.0. The van der Waals surface area contributed by atoms with Crippen LogP contribution in [0.5, 0.6) is 5.75 Å². The van der Waals surface area contributed by atoms with Crippen LogP contribution in [0.3, 0.4) is 0 Å². The Morgan fingerprint density at radius 3 is 2.33 bits per heavy atom. The summed E-state index contributed by atoms with van der Waals surface area (Å²) in [5.74, 6) is 1.21. The van der Waals surface area contributed by atoms with Crippen LogP contribution in [0, 0.1) is 5.92 Å². The van der Waals surface area contributed by atoms with Gasteiger partial charge in [-0.2, -0.15) is 0 Å². The number of alkyl carbamates (subject to hydrolysis) is 1. The van der Waals surface area contributed by atoms with Crippen LogP contribution in [0.25, 0.3) is 0 Å². The van der Waals surface area contributed by atoms with E-state index in [9.17, 15) is 4.79 Å². The molecule has 7 nitrogen and oxygen atoms in total. The number of hydrogen-bond acceptors (Lipinski definition) is 6. The molecule has 4 saturated heterocycles. The van der Waals surface area contributed by atoms with E-state index in [-0.39, 0.29) is 24.5 Å². The normalized spacial score (nSPS) is 23.3. The number of carbonyl (C=O) groups excluding carboxylic acids is 1. The standard InChI is InChI=1S/C32H36N2O5/c35-32(39-29-21-34-15-13-25(29)14-16-34)33-31(26-5-2-1-3-6-26)27-7-4-8-28(20-27)38-22-24-11-9-23(10-12-24)19-30-36-17-18-37-30/h1-12,20,25,29-31H,13-19,21-22H2,(H,33,35)/t29-,31?/m0/s1. The summed E-state index contributed by atoms with van der Waals surface area (Å²) in [4.78, 5) is 15.5. The maximum absolute atomic E-state index is 13.1. The summed E-state index contributed by atoms with van der Waals surface area (Å²) < 4.78 is 23.2. The lowest BCUT2D eigenvalue weighted by Gasteiger charge is -2.43. The van der Waals surface area contributed by atoms with Crippen LogP contribution in [0.15, 0.2) is 78.9 Å². The number of nitrogens with one attached hydrogen (secondary N) is 1. The third kappa shape index (κ3) is 6.61. The van der Waals surface area contributed by atoms with Crippen LogP contribution >= 0.6 is 0 Å². The highest BCUT2D eigenvalue weighted by atomic mass is 16.7. The van der Waals surface area contributed by atoms with Gasteiger partial charge in [-0.25, -0.2) is 4.79 Å². The van der Waals surface area contributed by atoms with E-state index in [2.05, 4.69) is 34.5 Å². The molecule has 4 aliphatic rings. The molecule has 4 aliphatic heterocycles. The fraction of sp³-hybridized carbons (Fsp3) is 0.406. The first-order valence-electron chi connectivity index (χ1n) is 14.0. The molecular formula is C32H36N2O5. The second-order valence-corrected chi connectivity index (χ2v) is 10.6. The molecule has 1 N–H and O–H groups in total. The average molecular weight is 529 g/mol. The first-order chi connectivity index (χ1) is 19.2. The number of amides is 1. The van der Waals surface area contributed by atoms with Crippen LogP contribution in [-0.4, -0.2) is 56.2 Å². The highest BCUT2D eigenvalue weighted by Gasteiger charge is 2.36. The lowest BCUT2D eigenvalue weighted by Crippen LogP contribution is -2.52. The number of carbonyl (C=O) groups is 1. The molecule has 204 valence electrons. The maximum atomic E-state index is 13.1. The molecule has 1 amide bonds. The third-order valence-electron chi connectivity index (χ3n) is 7.96. The molecule has 2 atom stereocenters. The molecular weight excluding hydrogens is 492 g/mol. The molecule has 4 fully saturated rings. The Morgan fingerprint density at radius 2 is 1.62 bits per heavy atom. The van der Waals surface area contributed by atoms with Crippen molar-refractivity contribution in [2.45, 2.75) is 44.3 Å². The summed E-state index contributed by atoms with van der Waals surface area (Å²) in [6.07, 6.45) is 2.40. The van der Waals surface area contributed by atoms with Crippen LogP contribution in [0.2, 0.25) is 0 Å². The molecule has 0 saturated carbocycles. The minimum atomic E-state index is -0.373. The number of piperidine rings is 3. The van der Waals surface area contributed by atoms with Crippen LogP contribution in [-0.2, 0) is 27.2 Å². The molecule has 1 unspecified atom stereocenters. The highest BCUT2D eigenvalue weighted by Crippen LogP contribution is 2.31. The predicted molar refractivity (Wildman–Crippen MR) is 147 cm³/mol. The highest BCUT2D eigenvalue weighted by molar-refractivity contribution is 5.69. The van der Waals surface area contributed by atoms with E-state index < -0.39 is 0 Å². The summed E-state index contributed by atoms with van der Waals surface area (Å²) in [6, 6.07) is 25.9. The minimum Gasteiger partial charge on any atom is -0.489 e. The molecule has 0 aliphatic carbocycles. The molecule has 0 spiro atoms. The number of benzene rings is 3. The number of hydrogen-bond donors (Lipinski definition) is 1. The van der Waals surface area contributed by atoms with E-state index >= 15 is 0 Å². The van der Waals surface area contributed by atoms with Crippen molar-refractivity contribution in [3.05, 3.63) is 101 Å². The van der Waals surface area contributed by atoms with Crippen molar-refractivity contribution < 1.29 is 23.7 Å². The zero-order valence-electron chi connectivity index (χ0n) is 22.2. The van der Waals surface area contributed by atoms with Gasteiger partial charge in [-0.15, -0.1) is 0 Å². The van der Waals surface area contributed by atoms with Crippen molar-refractivity contribution in [1.29, 1.82) is 0 Å². The topological polar surface area (TPSA) is 69.3 Å². The van der Waals surface area contributed by atoms with Gasteiger partial charge in [0.2, 0.25) is 0 Å². The van der Waals surface area contributed by atoms with Crippen molar-refractivity contribution in [2.24, 2.45) is 5.92 Å². The van der Waals surface area contributed by atoms with Gasteiger partial charge in [0.05, 0.1) is 19.3 Å². The van der Waals surface area contributed by atoms with Gasteiger partial charge < -0.3 is 24.3 Å². The molecule has 3 aromatic carbocycles. The van der Waals surface area contributed by atoms with Gasteiger partial charge >= 0.3 is 6.09 Å². The van der Waals surface area contributed by atoms with Crippen LogP contribution in [0.1, 0.15) is 41.1 Å². The molecule has 2 bridgehead atoms. The molecule has 0 aromatic heterocycles. The Labute approximate surface area is 230 Å². The zero-order chi connectivity index (χ0) is 26.4. The summed E-state index contributed by atoms with van der Waals surface area (Å²) in [6.45, 7) is 4.83. The first kappa shape index (κ1) is 25.9. The fourth-order valence-electron chi connectivity index (χ4n) is 5.78. The monoisotopic (exact) mass is 528 g/mol. The van der Waals surface area contributed by atoms with Crippen molar-refractivity contribution in [3.8, 4) is 5.75 Å². The second-order valence-electron chi connectivity index (χ2n) is 10.6. The Bertz CT molecular complexity index is 1220. The summed E-state index contributed by atoms with van der Waals surface area (Å²) in [5, 5.41) is 3.14. The third-order valence-corrected chi connectivity index (χ3v) is 7.96. The smallest absolute Gasteiger partial charge is 0.408 e. The Morgan fingerprint density at radius 1 is 0.897 bits per heavy atom. The van der Waals surface area contributed by atoms with Crippen molar-refractivity contribution >= 4 is 6.09 Å². The van der Waals surface area contributed by atoms with Gasteiger partial charge in [-0.05, 0) is 66.2 Å². The molecule has 0 radical (unpaired) electrons. The van der Waals surface area contributed by atoms with E-state index in [0.29, 0.717) is 25.7 Å². The average Bonchev–Trinajstić information content (AvgIpc) is 3.50. The van der Waals surface area contributed by atoms with E-state index in [1.807, 2.05) is 54.6 Å². The van der Waals surface area contributed by atoms with Gasteiger partial charge in [0.15, 0.2) is 6.29 Å². The predicted octanol–water partition coefficient (Wildman–Crippen LogP) is 5.09. The fourth-order valence-corrected chi connectivity index (χ4v) is 5.78. The Hall–Kier alpha value is -3.39. The number of rotatable bonds is 9. The maximum Gasteiger partial charge on any atom is 0.408 e. The van der Waals surface area contributed by atoms with Gasteiger partial charge in [0, 0.05) is 13.0 Å². The van der Waals surface area contributed by atoms with Crippen LogP contribution < -0.4 is 10.1 Å². The molecule has 3 aromatic rings. The minimum absolute atomic E-state index is 0.0387. The van der Waals surface area contributed by atoms with Crippen LogP contribution in [0.4, 0.5) is 4.79 Å². The number of nitrogens with zero attached hydrogens (tertiary/aromatic N) is 1. The lowest BCUT2D eigenvalue weighted by molar-refractivity contribution is -0.0400. The summed E-state index contributed by atoms with van der Waals surface area (Å²) >= 11 is 0. The largest absolute Gasteiger partial charge is 0.489 e. The van der Waals surface area contributed by atoms with Gasteiger partial charge in [-0.3, -0.25) is 4.90 Å². The van der Waals surface area contributed by atoms with E-state index in [4.69, 9.17) is 18.9 Å². The summed E-state index contributed by atoms with van der Waals surface area (Å²) in [5.41, 5.74) is 4.19. The van der Waals surface area contributed by atoms with Gasteiger partial charge in [-0.1, -0.05) is 66.7 Å². The van der Waals surface area contributed by atoms with E-state index in [1.165, 1.54) is 5.56 Å². The molecule has 4 heterocycles. The number of ether oxygens (including phenoxy) is 4. The Kier molecular flexibility index (Phi) is 8.09. The second kappa shape index (κ2) is 12.2. The SMILES string of the molecule is O=C(NC(c1ccccc1)c1cccc(OCc2ccc(CC3OCCO3)cc2)c1)O[C@H]1CN2CCC1CC2. The van der Waals surface area contributed by atoms with Crippen molar-refractivity contribution in [1.82, 2.24) is 10.2 Å². The van der Waals surface area contributed by atoms with E-state index in [1.54, 1.807) is 0 Å². The lowest BCUT2D eigenvalue weighted by atomic mass is 9.86. The van der Waals surface area contributed by atoms with E-state index in [0.717, 1.165) is 61.3 Å². The van der Waals surface area contributed by atoms with Gasteiger partial charge in [0.25, 0.3) is 0 Å². The molecule has 39 heavy (non-hydrogen) atoms. The number of fused-ring (bicyclic) bond motifs is 3. The Balaban J connectivity index is 1.11. The summed E-state index contributed by atoms with van der Waals surface area (Å²) in [7, 11) is 0. The quantitative estimate of drug-likeness (QED) is 0.417. The van der Waals surface area contributed by atoms with Crippen molar-refractivity contribution in [2.75, 3.05) is 32.8 Å².